The van der Waals surface area contributed by atoms with Crippen molar-refractivity contribution in [3.05, 3.63) is 64.2 Å². The standard InChI is InChI=1S/C17H17ClN2O2.I2/c1-20-10-11-8-12(18)6-7-13(11)17(19-9-16(21)22)14-4-2-3-5-15(14)20;1-2/h2-8,17,19H,9-10H2,1H3,(H,21,22);. The van der Waals surface area contributed by atoms with E-state index in [1.165, 1.54) is 0 Å². The van der Waals surface area contributed by atoms with Crippen molar-refractivity contribution in [3.8, 4) is 0 Å². The van der Waals surface area contributed by atoms with Gasteiger partial charge in [-0.1, -0.05) is 35.9 Å². The Morgan fingerprint density at radius 1 is 1.29 bits per heavy atom. The van der Waals surface area contributed by atoms with Crippen LogP contribution in [0, 0.1) is 0 Å². The van der Waals surface area contributed by atoms with Crippen LogP contribution in [0.3, 0.4) is 0 Å². The smallest absolute Gasteiger partial charge is 0.317 e. The molecule has 0 aliphatic carbocycles. The molecule has 0 bridgehead atoms. The first-order valence-corrected chi connectivity index (χ1v) is 13.9. The van der Waals surface area contributed by atoms with Crippen LogP contribution in [0.1, 0.15) is 22.7 Å². The Balaban J connectivity index is 0.00000100. The molecular weight excluding hydrogens is 553 g/mol. The van der Waals surface area contributed by atoms with Crippen LogP contribution >= 0.6 is 48.8 Å². The van der Waals surface area contributed by atoms with Gasteiger partial charge in [0.1, 0.15) is 0 Å². The second-order valence-corrected chi connectivity index (χ2v) is 5.90. The van der Waals surface area contributed by atoms with Crippen LogP contribution in [0.4, 0.5) is 5.69 Å². The summed E-state index contributed by atoms with van der Waals surface area (Å²) in [5.41, 5.74) is 4.35. The van der Waals surface area contributed by atoms with Crippen molar-refractivity contribution >= 4 is 60.5 Å². The minimum atomic E-state index is -0.870. The predicted octanol–water partition coefficient (Wildman–Crippen LogP) is 4.82. The molecule has 1 heterocycles. The summed E-state index contributed by atoms with van der Waals surface area (Å²) < 4.78 is 0. The van der Waals surface area contributed by atoms with Crippen molar-refractivity contribution in [2.75, 3.05) is 18.5 Å². The SMILES string of the molecule is CN1Cc2cc(Cl)ccc2C(NCC(=O)O)c2ccccc21.II. The van der Waals surface area contributed by atoms with Crippen LogP contribution in [0.5, 0.6) is 0 Å². The van der Waals surface area contributed by atoms with Crippen molar-refractivity contribution in [1.82, 2.24) is 5.32 Å². The van der Waals surface area contributed by atoms with E-state index in [4.69, 9.17) is 16.7 Å². The number of benzene rings is 2. The number of fused-ring (bicyclic) bond motifs is 2. The Morgan fingerprint density at radius 2 is 2.00 bits per heavy atom. The number of hydrogen-bond acceptors (Lipinski definition) is 3. The second kappa shape index (κ2) is 9.21. The lowest BCUT2D eigenvalue weighted by Gasteiger charge is -2.22. The Bertz CT molecular complexity index is 727. The van der Waals surface area contributed by atoms with E-state index in [0.717, 1.165) is 28.9 Å². The maximum atomic E-state index is 11.0. The molecule has 0 radical (unpaired) electrons. The molecule has 128 valence electrons. The van der Waals surface area contributed by atoms with Gasteiger partial charge in [0.2, 0.25) is 0 Å². The quantitative estimate of drug-likeness (QED) is 0.520. The molecule has 2 N–H and O–H groups in total. The van der Waals surface area contributed by atoms with Crippen LogP contribution in [-0.4, -0.2) is 24.7 Å². The van der Waals surface area contributed by atoms with E-state index in [2.05, 4.69) is 53.5 Å². The van der Waals surface area contributed by atoms with Gasteiger partial charge in [-0.3, -0.25) is 10.1 Å². The molecule has 0 amide bonds. The van der Waals surface area contributed by atoms with E-state index in [-0.39, 0.29) is 12.6 Å². The zero-order chi connectivity index (χ0) is 17.7. The Kier molecular flexibility index (Phi) is 7.58. The van der Waals surface area contributed by atoms with Gasteiger partial charge in [-0.15, -0.1) is 0 Å². The molecule has 1 aliphatic heterocycles. The van der Waals surface area contributed by atoms with Gasteiger partial charge in [-0.25, -0.2) is 0 Å². The fourth-order valence-electron chi connectivity index (χ4n) is 2.99. The van der Waals surface area contributed by atoms with Gasteiger partial charge >= 0.3 is 5.97 Å². The molecule has 0 saturated heterocycles. The lowest BCUT2D eigenvalue weighted by Crippen LogP contribution is -2.28. The number of nitrogens with one attached hydrogen (secondary N) is 1. The second-order valence-electron chi connectivity index (χ2n) is 5.47. The monoisotopic (exact) mass is 570 g/mol. The highest BCUT2D eigenvalue weighted by molar-refractivity contribution is 15.0. The van der Waals surface area contributed by atoms with Gasteiger partial charge in [0.05, 0.1) is 12.6 Å². The van der Waals surface area contributed by atoms with Gasteiger partial charge in [0.25, 0.3) is 0 Å². The first-order valence-electron chi connectivity index (χ1n) is 7.24. The molecule has 0 aromatic heterocycles. The first-order chi connectivity index (χ1) is 11.6. The van der Waals surface area contributed by atoms with Crippen molar-refractivity contribution < 1.29 is 9.90 Å². The maximum absolute atomic E-state index is 11.0. The minimum absolute atomic E-state index is 0.0925. The molecule has 0 saturated carbocycles. The largest absolute Gasteiger partial charge is 0.480 e. The summed E-state index contributed by atoms with van der Waals surface area (Å²) in [6.45, 7) is 0.642. The highest BCUT2D eigenvalue weighted by atomic mass is 128. The third-order valence-corrected chi connectivity index (χ3v) is 4.18. The van der Waals surface area contributed by atoms with Crippen LogP contribution in [0.2, 0.25) is 5.02 Å². The molecular formula is C17H17ClI2N2O2. The van der Waals surface area contributed by atoms with Gasteiger partial charge in [0, 0.05) is 61.5 Å². The Hall–Kier alpha value is -0.580. The van der Waals surface area contributed by atoms with E-state index >= 15 is 0 Å². The summed E-state index contributed by atoms with van der Waals surface area (Å²) in [7, 11) is 2.03. The van der Waals surface area contributed by atoms with Crippen molar-refractivity contribution in [3.63, 3.8) is 0 Å². The zero-order valence-electron chi connectivity index (χ0n) is 13.0. The molecule has 1 unspecified atom stereocenters. The van der Waals surface area contributed by atoms with Crippen LogP contribution < -0.4 is 10.2 Å². The average Bonchev–Trinajstić information content (AvgIpc) is 2.69. The third kappa shape index (κ3) is 4.53. The molecule has 0 spiro atoms. The minimum Gasteiger partial charge on any atom is -0.480 e. The van der Waals surface area contributed by atoms with Crippen molar-refractivity contribution in [1.29, 1.82) is 0 Å². The number of carboxylic acid groups (broad SMARTS) is 1. The molecule has 3 rings (SSSR count). The number of nitrogens with zero attached hydrogens (tertiary/aromatic N) is 1. The number of hydrogen-bond donors (Lipinski definition) is 2. The number of para-hydroxylation sites is 1. The van der Waals surface area contributed by atoms with Gasteiger partial charge < -0.3 is 10.0 Å². The molecule has 24 heavy (non-hydrogen) atoms. The summed E-state index contributed by atoms with van der Waals surface area (Å²) in [4.78, 5) is 13.1. The van der Waals surface area contributed by atoms with E-state index in [0.29, 0.717) is 5.02 Å². The summed E-state index contributed by atoms with van der Waals surface area (Å²) in [6, 6.07) is 13.7. The van der Waals surface area contributed by atoms with E-state index in [9.17, 15) is 4.79 Å². The number of aliphatic carboxylic acids is 1. The molecule has 7 heteroatoms. The lowest BCUT2D eigenvalue weighted by molar-refractivity contribution is -0.136. The van der Waals surface area contributed by atoms with Crippen molar-refractivity contribution in [2.24, 2.45) is 0 Å². The third-order valence-electron chi connectivity index (χ3n) is 3.94. The number of rotatable bonds is 3. The highest BCUT2D eigenvalue weighted by Gasteiger charge is 2.25. The topological polar surface area (TPSA) is 52.6 Å². The maximum Gasteiger partial charge on any atom is 0.317 e. The predicted molar refractivity (Wildman–Crippen MR) is 116 cm³/mol. The van der Waals surface area contributed by atoms with Crippen LogP contribution in [-0.2, 0) is 11.3 Å². The average molecular weight is 571 g/mol. The molecule has 0 fully saturated rings. The van der Waals surface area contributed by atoms with E-state index < -0.39 is 5.97 Å². The number of halogens is 3. The molecule has 2 aromatic carbocycles. The van der Waals surface area contributed by atoms with Gasteiger partial charge in [0.15, 0.2) is 0 Å². The molecule has 4 nitrogen and oxygen atoms in total. The number of carboxylic acids is 1. The van der Waals surface area contributed by atoms with Crippen molar-refractivity contribution in [2.45, 2.75) is 12.6 Å². The van der Waals surface area contributed by atoms with Gasteiger partial charge in [-0.2, -0.15) is 0 Å². The number of anilines is 1. The molecule has 2 aromatic rings. The summed E-state index contributed by atoms with van der Waals surface area (Å²) in [6.07, 6.45) is 0. The highest BCUT2D eigenvalue weighted by Crippen LogP contribution is 2.37. The molecule has 1 aliphatic rings. The number of carbonyl (C=O) groups is 1. The van der Waals surface area contributed by atoms with E-state index in [1.807, 2.05) is 43.4 Å². The summed E-state index contributed by atoms with van der Waals surface area (Å²) in [5.74, 6) is -0.870. The summed E-state index contributed by atoms with van der Waals surface area (Å²) >= 11 is 10.4. The van der Waals surface area contributed by atoms with Crippen LogP contribution in [0.25, 0.3) is 0 Å². The fourth-order valence-corrected chi connectivity index (χ4v) is 3.18. The normalized spacial score (nSPS) is 15.5. The lowest BCUT2D eigenvalue weighted by atomic mass is 9.95. The Labute approximate surface area is 169 Å². The zero-order valence-corrected chi connectivity index (χ0v) is 18.0. The van der Waals surface area contributed by atoms with Crippen LogP contribution in [0.15, 0.2) is 42.5 Å². The van der Waals surface area contributed by atoms with Gasteiger partial charge in [-0.05, 0) is 34.9 Å². The van der Waals surface area contributed by atoms with E-state index in [1.54, 1.807) is 0 Å². The fraction of sp³-hybridized carbons (Fsp3) is 0.235. The molecule has 1 atom stereocenters. The summed E-state index contributed by atoms with van der Waals surface area (Å²) in [5, 5.41) is 12.8. The Morgan fingerprint density at radius 3 is 2.71 bits per heavy atom. The first kappa shape index (κ1) is 19.7.